The topological polar surface area (TPSA) is 83.7 Å². The highest BCUT2D eigenvalue weighted by molar-refractivity contribution is 14.0. The van der Waals surface area contributed by atoms with Crippen LogP contribution < -0.4 is 16.0 Å². The van der Waals surface area contributed by atoms with E-state index in [4.69, 9.17) is 9.15 Å². The second-order valence-corrected chi connectivity index (χ2v) is 5.74. The second kappa shape index (κ2) is 13.2. The highest BCUT2D eigenvalue weighted by atomic mass is 127. The third kappa shape index (κ3) is 9.35. The molecule has 11 heteroatoms. The fourth-order valence-corrected chi connectivity index (χ4v) is 2.31. The number of rotatable bonds is 10. The molecule has 0 amide bonds. The van der Waals surface area contributed by atoms with Gasteiger partial charge in [0.15, 0.2) is 5.96 Å². The molecule has 2 aromatic heterocycles. The van der Waals surface area contributed by atoms with Crippen LogP contribution >= 0.6 is 24.0 Å². The summed E-state index contributed by atoms with van der Waals surface area (Å²) in [7, 11) is 1.62. The summed E-state index contributed by atoms with van der Waals surface area (Å²) in [5.74, 6) is 1.15. The Bertz CT molecular complexity index is 727. The summed E-state index contributed by atoms with van der Waals surface area (Å²) in [4.78, 5) is 7.82. The Kier molecular flexibility index (Phi) is 11.4. The fourth-order valence-electron chi connectivity index (χ4n) is 2.31. The molecule has 0 aromatic carbocycles. The first-order valence-electron chi connectivity index (χ1n) is 8.81. The van der Waals surface area contributed by atoms with Gasteiger partial charge in [0.1, 0.15) is 18.2 Å². The van der Waals surface area contributed by atoms with Crippen LogP contribution in [0, 0.1) is 0 Å². The number of aromatic nitrogens is 1. The maximum Gasteiger partial charge on any atom is 0.419 e. The van der Waals surface area contributed by atoms with Crippen molar-refractivity contribution in [2.75, 3.05) is 38.6 Å². The molecule has 2 aromatic rings. The van der Waals surface area contributed by atoms with Gasteiger partial charge in [-0.3, -0.25) is 4.99 Å². The molecule has 0 spiro atoms. The van der Waals surface area contributed by atoms with E-state index in [0.29, 0.717) is 32.3 Å². The van der Waals surface area contributed by atoms with Gasteiger partial charge in [-0.25, -0.2) is 4.98 Å². The second-order valence-electron chi connectivity index (χ2n) is 5.74. The molecule has 0 aliphatic rings. The molecule has 0 saturated heterocycles. The Balaban J connectivity index is 0.00000420. The number of anilines is 1. The van der Waals surface area contributed by atoms with Crippen molar-refractivity contribution in [1.82, 2.24) is 15.6 Å². The number of nitrogens with one attached hydrogen (secondary N) is 3. The van der Waals surface area contributed by atoms with Crippen LogP contribution in [0.5, 0.6) is 0 Å². The predicted octanol–water partition coefficient (Wildman–Crippen LogP) is 3.50. The molecule has 2 rings (SSSR count). The molecule has 0 fully saturated rings. The van der Waals surface area contributed by atoms with Crippen molar-refractivity contribution in [3.05, 3.63) is 48.0 Å². The largest absolute Gasteiger partial charge is 0.467 e. The maximum atomic E-state index is 12.9. The first kappa shape index (κ1) is 25.0. The zero-order chi connectivity index (χ0) is 20.2. The van der Waals surface area contributed by atoms with Gasteiger partial charge in [0.25, 0.3) is 0 Å². The van der Waals surface area contributed by atoms with Crippen LogP contribution in [-0.2, 0) is 17.5 Å². The summed E-state index contributed by atoms with van der Waals surface area (Å²) in [6.45, 7) is 2.27. The molecule has 0 atom stereocenters. The molecule has 162 valence electrons. The number of pyridine rings is 1. The van der Waals surface area contributed by atoms with Crippen molar-refractivity contribution >= 4 is 35.8 Å². The minimum absolute atomic E-state index is 0. The highest BCUT2D eigenvalue weighted by Crippen LogP contribution is 2.33. The summed E-state index contributed by atoms with van der Waals surface area (Å²) in [6, 6.07) is 5.91. The first-order chi connectivity index (χ1) is 13.5. The van der Waals surface area contributed by atoms with Crippen molar-refractivity contribution in [3.8, 4) is 0 Å². The lowest BCUT2D eigenvalue weighted by Gasteiger charge is -2.15. The number of halogens is 4. The Morgan fingerprint density at radius 3 is 2.66 bits per heavy atom. The summed E-state index contributed by atoms with van der Waals surface area (Å²) in [6.07, 6.45) is -0.759. The van der Waals surface area contributed by atoms with Crippen LogP contribution in [0.25, 0.3) is 0 Å². The molecular weight excluding hydrogens is 502 g/mol. The van der Waals surface area contributed by atoms with E-state index < -0.39 is 11.7 Å². The van der Waals surface area contributed by atoms with Crippen LogP contribution in [0.15, 0.2) is 46.1 Å². The Hall–Kier alpha value is -2.02. The van der Waals surface area contributed by atoms with Crippen molar-refractivity contribution < 1.29 is 22.3 Å². The minimum atomic E-state index is -4.44. The number of aliphatic imine (C=N–C) groups is 1. The SMILES string of the molecule is CN=C(NCCCOCc1ccco1)NCCNc1ncccc1C(F)(F)F.I. The molecule has 0 aliphatic heterocycles. The Labute approximate surface area is 184 Å². The average Bonchev–Trinajstić information content (AvgIpc) is 3.19. The Morgan fingerprint density at radius 2 is 1.97 bits per heavy atom. The minimum Gasteiger partial charge on any atom is -0.467 e. The lowest BCUT2D eigenvalue weighted by atomic mass is 10.2. The molecule has 2 heterocycles. The molecule has 29 heavy (non-hydrogen) atoms. The van der Waals surface area contributed by atoms with Crippen molar-refractivity contribution in [3.63, 3.8) is 0 Å². The van der Waals surface area contributed by atoms with Gasteiger partial charge in [0.05, 0.1) is 11.8 Å². The number of guanidine groups is 1. The molecule has 0 saturated carbocycles. The molecule has 0 bridgehead atoms. The fraction of sp³-hybridized carbons (Fsp3) is 0.444. The molecule has 0 unspecified atom stereocenters. The van der Waals surface area contributed by atoms with Gasteiger partial charge in [-0.1, -0.05) is 0 Å². The number of furan rings is 1. The standard InChI is InChI=1S/C18H24F3N5O2.HI/c1-22-17(25-8-4-11-27-13-14-5-3-12-28-14)26-10-9-24-16-15(18(19,20)21)6-2-7-23-16;/h2-3,5-7,12H,4,8-11,13H2,1H3,(H,23,24)(H2,22,25,26);1H. The number of nitrogens with zero attached hydrogens (tertiary/aromatic N) is 2. The van der Waals surface area contributed by atoms with Gasteiger partial charge in [-0.15, -0.1) is 24.0 Å². The lowest BCUT2D eigenvalue weighted by Crippen LogP contribution is -2.40. The van der Waals surface area contributed by atoms with Crippen LogP contribution in [0.4, 0.5) is 19.0 Å². The van der Waals surface area contributed by atoms with Crippen LogP contribution in [0.2, 0.25) is 0 Å². The predicted molar refractivity (Wildman–Crippen MR) is 115 cm³/mol. The zero-order valence-electron chi connectivity index (χ0n) is 16.0. The number of alkyl halides is 3. The van der Waals surface area contributed by atoms with Gasteiger partial charge in [0, 0.05) is 39.5 Å². The molecule has 0 radical (unpaired) electrons. The maximum absolute atomic E-state index is 12.9. The van der Waals surface area contributed by atoms with Crippen molar-refractivity contribution in [2.24, 2.45) is 4.99 Å². The quantitative estimate of drug-likeness (QED) is 0.190. The van der Waals surface area contributed by atoms with E-state index in [-0.39, 0.29) is 36.3 Å². The van der Waals surface area contributed by atoms with Gasteiger partial charge in [-0.05, 0) is 30.7 Å². The first-order valence-corrected chi connectivity index (χ1v) is 8.81. The molecular formula is C18H25F3IN5O2. The monoisotopic (exact) mass is 527 g/mol. The van der Waals surface area contributed by atoms with Crippen LogP contribution in [0.3, 0.4) is 0 Å². The van der Waals surface area contributed by atoms with Gasteiger partial charge in [0.2, 0.25) is 0 Å². The van der Waals surface area contributed by atoms with Gasteiger partial charge in [-0.2, -0.15) is 13.2 Å². The van der Waals surface area contributed by atoms with E-state index >= 15 is 0 Å². The third-order valence-corrected chi connectivity index (χ3v) is 3.63. The third-order valence-electron chi connectivity index (χ3n) is 3.63. The van der Waals surface area contributed by atoms with E-state index in [1.54, 1.807) is 13.3 Å². The number of ether oxygens (including phenoxy) is 1. The normalized spacial score (nSPS) is 11.7. The molecule has 3 N–H and O–H groups in total. The zero-order valence-corrected chi connectivity index (χ0v) is 18.3. The molecule has 0 aliphatic carbocycles. The smallest absolute Gasteiger partial charge is 0.419 e. The summed E-state index contributed by atoms with van der Waals surface area (Å²) in [5, 5.41) is 8.82. The van der Waals surface area contributed by atoms with Gasteiger partial charge < -0.3 is 25.1 Å². The van der Waals surface area contributed by atoms with Crippen molar-refractivity contribution in [1.29, 1.82) is 0 Å². The van der Waals surface area contributed by atoms with E-state index in [1.165, 1.54) is 12.3 Å². The van der Waals surface area contributed by atoms with Crippen LogP contribution in [0.1, 0.15) is 17.7 Å². The number of hydrogen-bond acceptors (Lipinski definition) is 5. The van der Waals surface area contributed by atoms with E-state index in [9.17, 15) is 13.2 Å². The molecule has 7 nitrogen and oxygen atoms in total. The van der Waals surface area contributed by atoms with E-state index in [0.717, 1.165) is 18.2 Å². The Morgan fingerprint density at radius 1 is 1.17 bits per heavy atom. The van der Waals surface area contributed by atoms with Crippen molar-refractivity contribution in [2.45, 2.75) is 19.2 Å². The van der Waals surface area contributed by atoms with Gasteiger partial charge >= 0.3 is 6.18 Å². The summed E-state index contributed by atoms with van der Waals surface area (Å²) in [5.41, 5.74) is -0.785. The summed E-state index contributed by atoms with van der Waals surface area (Å²) < 4.78 is 49.4. The highest BCUT2D eigenvalue weighted by Gasteiger charge is 2.33. The average molecular weight is 527 g/mol. The summed E-state index contributed by atoms with van der Waals surface area (Å²) >= 11 is 0. The van der Waals surface area contributed by atoms with E-state index in [1.807, 2.05) is 12.1 Å². The van der Waals surface area contributed by atoms with E-state index in [2.05, 4.69) is 25.9 Å². The van der Waals surface area contributed by atoms with Crippen LogP contribution in [-0.4, -0.2) is 44.2 Å². The lowest BCUT2D eigenvalue weighted by molar-refractivity contribution is -0.137. The number of hydrogen-bond donors (Lipinski definition) is 3.